The standard InChI is InChI=1S/C25H21BrFNO5/c1-2-32-22-14-17(12-20(26)23(22)33-15-16-8-10-19(27)11-9-16)13-21(25(30)31)28-24(29)18-6-4-3-5-7-18/h3-14H,2,15H2,1H3,(H,28,29)(H,30,31)/b21-13+. The zero-order valence-corrected chi connectivity index (χ0v) is 19.3. The lowest BCUT2D eigenvalue weighted by atomic mass is 10.1. The van der Waals surface area contributed by atoms with Gasteiger partial charge in [-0.1, -0.05) is 30.3 Å². The van der Waals surface area contributed by atoms with Crippen LogP contribution < -0.4 is 14.8 Å². The molecule has 0 aliphatic carbocycles. The molecule has 0 unspecified atom stereocenters. The fraction of sp³-hybridized carbons (Fsp3) is 0.120. The number of ether oxygens (including phenoxy) is 2. The highest BCUT2D eigenvalue weighted by Crippen LogP contribution is 2.38. The molecule has 33 heavy (non-hydrogen) atoms. The molecule has 0 aliphatic heterocycles. The first-order valence-electron chi connectivity index (χ1n) is 10.0. The average Bonchev–Trinajstić information content (AvgIpc) is 2.80. The van der Waals surface area contributed by atoms with E-state index in [-0.39, 0.29) is 18.1 Å². The summed E-state index contributed by atoms with van der Waals surface area (Å²) in [5.41, 5.74) is 1.29. The van der Waals surface area contributed by atoms with Gasteiger partial charge in [-0.3, -0.25) is 4.79 Å². The van der Waals surface area contributed by atoms with Crippen molar-refractivity contribution in [3.8, 4) is 11.5 Å². The van der Waals surface area contributed by atoms with Crippen LogP contribution in [0.1, 0.15) is 28.4 Å². The van der Waals surface area contributed by atoms with Crippen LogP contribution in [0.3, 0.4) is 0 Å². The van der Waals surface area contributed by atoms with Gasteiger partial charge in [0.15, 0.2) is 11.5 Å². The maximum atomic E-state index is 13.1. The predicted octanol–water partition coefficient (Wildman–Crippen LogP) is 5.42. The molecule has 0 spiro atoms. The third-order valence-corrected chi connectivity index (χ3v) is 5.04. The third-order valence-electron chi connectivity index (χ3n) is 4.45. The first-order valence-corrected chi connectivity index (χ1v) is 10.8. The highest BCUT2D eigenvalue weighted by atomic mass is 79.9. The van der Waals surface area contributed by atoms with E-state index in [9.17, 15) is 19.1 Å². The number of benzene rings is 3. The van der Waals surface area contributed by atoms with Gasteiger partial charge in [0.25, 0.3) is 5.91 Å². The Kier molecular flexibility index (Phi) is 8.21. The van der Waals surface area contributed by atoms with Crippen LogP contribution in [0.25, 0.3) is 6.08 Å². The molecule has 3 aromatic carbocycles. The van der Waals surface area contributed by atoms with Crippen LogP contribution in [0.2, 0.25) is 0 Å². The monoisotopic (exact) mass is 513 g/mol. The number of rotatable bonds is 9. The van der Waals surface area contributed by atoms with Crippen LogP contribution in [0.4, 0.5) is 4.39 Å². The van der Waals surface area contributed by atoms with Gasteiger partial charge in [0, 0.05) is 5.56 Å². The zero-order valence-electron chi connectivity index (χ0n) is 17.7. The zero-order chi connectivity index (χ0) is 23.8. The van der Waals surface area contributed by atoms with Gasteiger partial charge in [-0.25, -0.2) is 9.18 Å². The molecule has 3 rings (SSSR count). The first kappa shape index (κ1) is 24.0. The molecule has 170 valence electrons. The quantitative estimate of drug-likeness (QED) is 0.373. The van der Waals surface area contributed by atoms with Crippen LogP contribution in [0.15, 0.2) is 76.9 Å². The van der Waals surface area contributed by atoms with E-state index in [1.165, 1.54) is 18.2 Å². The smallest absolute Gasteiger partial charge is 0.352 e. The van der Waals surface area contributed by atoms with Gasteiger partial charge in [0.05, 0.1) is 11.1 Å². The van der Waals surface area contributed by atoms with E-state index in [2.05, 4.69) is 21.2 Å². The number of hydrogen-bond donors (Lipinski definition) is 2. The minimum absolute atomic E-state index is 0.182. The second-order valence-electron chi connectivity index (χ2n) is 6.86. The van der Waals surface area contributed by atoms with Crippen molar-refractivity contribution in [2.45, 2.75) is 13.5 Å². The summed E-state index contributed by atoms with van der Waals surface area (Å²) in [7, 11) is 0. The third kappa shape index (κ3) is 6.66. The predicted molar refractivity (Wildman–Crippen MR) is 126 cm³/mol. The topological polar surface area (TPSA) is 84.9 Å². The molecule has 8 heteroatoms. The summed E-state index contributed by atoms with van der Waals surface area (Å²) in [6.07, 6.45) is 1.33. The van der Waals surface area contributed by atoms with Crippen molar-refractivity contribution in [1.29, 1.82) is 0 Å². The van der Waals surface area contributed by atoms with Crippen LogP contribution in [0.5, 0.6) is 11.5 Å². The van der Waals surface area contributed by atoms with E-state index in [0.29, 0.717) is 33.7 Å². The largest absolute Gasteiger partial charge is 0.490 e. The van der Waals surface area contributed by atoms with E-state index in [1.54, 1.807) is 54.6 Å². The van der Waals surface area contributed by atoms with Crippen molar-refractivity contribution < 1.29 is 28.6 Å². The molecule has 1 amide bonds. The minimum Gasteiger partial charge on any atom is -0.490 e. The van der Waals surface area contributed by atoms with Gasteiger partial charge in [-0.15, -0.1) is 0 Å². The van der Waals surface area contributed by atoms with Gasteiger partial charge in [-0.2, -0.15) is 0 Å². The molecule has 0 fully saturated rings. The van der Waals surface area contributed by atoms with Crippen molar-refractivity contribution in [3.05, 3.63) is 99.4 Å². The lowest BCUT2D eigenvalue weighted by molar-refractivity contribution is -0.132. The van der Waals surface area contributed by atoms with E-state index < -0.39 is 11.9 Å². The van der Waals surface area contributed by atoms with Crippen molar-refractivity contribution in [2.75, 3.05) is 6.61 Å². The molecule has 0 saturated heterocycles. The molecule has 0 bridgehead atoms. The number of aliphatic carboxylic acids is 1. The number of amides is 1. The second kappa shape index (κ2) is 11.3. The normalized spacial score (nSPS) is 11.1. The first-order chi connectivity index (χ1) is 15.9. The molecule has 0 radical (unpaired) electrons. The molecule has 0 heterocycles. The summed E-state index contributed by atoms with van der Waals surface area (Å²) in [6, 6.07) is 17.5. The molecular weight excluding hydrogens is 493 g/mol. The molecule has 0 aliphatic rings. The summed E-state index contributed by atoms with van der Waals surface area (Å²) in [4.78, 5) is 24.1. The average molecular weight is 514 g/mol. The Hall–Kier alpha value is -3.65. The van der Waals surface area contributed by atoms with Gasteiger partial charge in [0.1, 0.15) is 18.1 Å². The molecule has 0 aromatic heterocycles. The van der Waals surface area contributed by atoms with E-state index in [1.807, 2.05) is 6.92 Å². The summed E-state index contributed by atoms with van der Waals surface area (Å²) in [5.74, 6) is -1.35. The van der Waals surface area contributed by atoms with Crippen molar-refractivity contribution in [2.24, 2.45) is 0 Å². The van der Waals surface area contributed by atoms with Gasteiger partial charge < -0.3 is 19.9 Å². The fourth-order valence-electron chi connectivity index (χ4n) is 2.91. The Morgan fingerprint density at radius 2 is 1.76 bits per heavy atom. The maximum Gasteiger partial charge on any atom is 0.352 e. The number of carbonyl (C=O) groups is 2. The SMILES string of the molecule is CCOc1cc(/C=C(/NC(=O)c2ccccc2)C(=O)O)cc(Br)c1OCc1ccc(F)cc1. The Balaban J connectivity index is 1.86. The lowest BCUT2D eigenvalue weighted by Crippen LogP contribution is -2.27. The number of halogens is 2. The van der Waals surface area contributed by atoms with Gasteiger partial charge >= 0.3 is 5.97 Å². The van der Waals surface area contributed by atoms with E-state index in [4.69, 9.17) is 9.47 Å². The van der Waals surface area contributed by atoms with E-state index >= 15 is 0 Å². The molecule has 0 saturated carbocycles. The van der Waals surface area contributed by atoms with Gasteiger partial charge in [-0.05, 0) is 76.5 Å². The molecule has 0 atom stereocenters. The lowest BCUT2D eigenvalue weighted by Gasteiger charge is -2.15. The fourth-order valence-corrected chi connectivity index (χ4v) is 3.49. The second-order valence-corrected chi connectivity index (χ2v) is 7.72. The van der Waals surface area contributed by atoms with Crippen molar-refractivity contribution in [1.82, 2.24) is 5.32 Å². The summed E-state index contributed by atoms with van der Waals surface area (Å²) >= 11 is 3.44. The van der Waals surface area contributed by atoms with Crippen molar-refractivity contribution in [3.63, 3.8) is 0 Å². The maximum absolute atomic E-state index is 13.1. The highest BCUT2D eigenvalue weighted by molar-refractivity contribution is 9.10. The van der Waals surface area contributed by atoms with Crippen LogP contribution in [-0.4, -0.2) is 23.6 Å². The number of nitrogens with one attached hydrogen (secondary N) is 1. The van der Waals surface area contributed by atoms with Crippen LogP contribution >= 0.6 is 15.9 Å². The summed E-state index contributed by atoms with van der Waals surface area (Å²) in [6.45, 7) is 2.34. The number of carboxylic acid groups (broad SMARTS) is 1. The van der Waals surface area contributed by atoms with Gasteiger partial charge in [0.2, 0.25) is 0 Å². The summed E-state index contributed by atoms with van der Waals surface area (Å²) < 4.78 is 25.2. The molecular formula is C25H21BrFNO5. The highest BCUT2D eigenvalue weighted by Gasteiger charge is 2.16. The Bertz CT molecular complexity index is 1160. The Morgan fingerprint density at radius 1 is 1.06 bits per heavy atom. The molecule has 2 N–H and O–H groups in total. The molecule has 6 nitrogen and oxygen atoms in total. The number of carbonyl (C=O) groups excluding carboxylic acids is 1. The van der Waals surface area contributed by atoms with Crippen LogP contribution in [0, 0.1) is 5.82 Å². The number of carboxylic acids is 1. The van der Waals surface area contributed by atoms with Crippen LogP contribution in [-0.2, 0) is 11.4 Å². The Morgan fingerprint density at radius 3 is 2.39 bits per heavy atom. The number of hydrogen-bond acceptors (Lipinski definition) is 4. The summed E-state index contributed by atoms with van der Waals surface area (Å²) in [5, 5.41) is 12.0. The molecule has 3 aromatic rings. The van der Waals surface area contributed by atoms with E-state index in [0.717, 1.165) is 5.56 Å². The Labute approximate surface area is 198 Å². The minimum atomic E-state index is -1.29. The van der Waals surface area contributed by atoms with Crippen molar-refractivity contribution >= 4 is 33.9 Å².